The Morgan fingerprint density at radius 1 is 1.14 bits per heavy atom. The minimum absolute atomic E-state index is 0.942. The van der Waals surface area contributed by atoms with Crippen LogP contribution in [0.15, 0.2) is 26.1 Å². The molecular formula is C13H14N4S4. The fourth-order valence-electron chi connectivity index (χ4n) is 1.72. The van der Waals surface area contributed by atoms with Crippen molar-refractivity contribution in [3.05, 3.63) is 17.3 Å². The van der Waals surface area contributed by atoms with Crippen molar-refractivity contribution in [1.29, 1.82) is 0 Å². The second-order valence-corrected chi connectivity index (χ2v) is 9.18. The highest BCUT2D eigenvalue weighted by atomic mass is 32.2. The van der Waals surface area contributed by atoms with Gasteiger partial charge in [0.2, 0.25) is 0 Å². The molecule has 0 atom stereocenters. The Balaban J connectivity index is 1.76. The van der Waals surface area contributed by atoms with Crippen LogP contribution in [-0.2, 0) is 0 Å². The lowest BCUT2D eigenvalue weighted by molar-refractivity contribution is 0.892. The topological polar surface area (TPSA) is 51.6 Å². The highest BCUT2D eigenvalue weighted by Gasteiger charge is 2.12. The van der Waals surface area contributed by atoms with Crippen LogP contribution < -0.4 is 0 Å². The second-order valence-electron chi connectivity index (χ2n) is 4.39. The van der Waals surface area contributed by atoms with E-state index in [-0.39, 0.29) is 0 Å². The average molecular weight is 355 g/mol. The van der Waals surface area contributed by atoms with E-state index in [1.165, 1.54) is 17.7 Å². The third-order valence-electron chi connectivity index (χ3n) is 2.71. The molecule has 0 aliphatic rings. The molecule has 0 spiro atoms. The van der Waals surface area contributed by atoms with Crippen LogP contribution in [0.5, 0.6) is 0 Å². The molecule has 0 N–H and O–H groups in total. The second kappa shape index (κ2) is 7.04. The van der Waals surface area contributed by atoms with Crippen molar-refractivity contribution in [3.8, 4) is 0 Å². The Kier molecular flexibility index (Phi) is 5.10. The third kappa shape index (κ3) is 3.74. The van der Waals surface area contributed by atoms with Gasteiger partial charge in [-0.2, -0.15) is 0 Å². The van der Waals surface area contributed by atoms with Crippen LogP contribution >= 0.6 is 46.2 Å². The number of aryl methyl sites for hydroxylation is 1. The Bertz CT molecular complexity index is 737. The van der Waals surface area contributed by atoms with Gasteiger partial charge >= 0.3 is 0 Å². The number of aromatic nitrogens is 4. The van der Waals surface area contributed by atoms with Crippen molar-refractivity contribution in [2.45, 2.75) is 40.4 Å². The summed E-state index contributed by atoms with van der Waals surface area (Å²) in [5.74, 6) is 1.11. The number of thioether (sulfide) groups is 1. The molecule has 0 aromatic carbocycles. The van der Waals surface area contributed by atoms with E-state index in [9.17, 15) is 0 Å². The summed E-state index contributed by atoms with van der Waals surface area (Å²) in [4.78, 5) is 11.0. The Morgan fingerprint density at radius 2 is 2.00 bits per heavy atom. The minimum atomic E-state index is 0.942. The normalized spacial score (nSPS) is 11.3. The lowest BCUT2D eigenvalue weighted by atomic mass is 10.4. The molecule has 3 heterocycles. The number of fused-ring (bicyclic) bond motifs is 1. The zero-order valence-corrected chi connectivity index (χ0v) is 15.0. The quantitative estimate of drug-likeness (QED) is 0.357. The van der Waals surface area contributed by atoms with Crippen LogP contribution in [0.3, 0.4) is 0 Å². The molecule has 21 heavy (non-hydrogen) atoms. The minimum Gasteiger partial charge on any atom is -0.229 e. The van der Waals surface area contributed by atoms with Gasteiger partial charge in [-0.1, -0.05) is 36.4 Å². The largest absolute Gasteiger partial charge is 0.229 e. The fraction of sp³-hybridized carbons (Fsp3) is 0.385. The molecule has 0 saturated heterocycles. The van der Waals surface area contributed by atoms with Crippen molar-refractivity contribution in [3.63, 3.8) is 0 Å². The Labute approximate surface area is 139 Å². The molecule has 8 heteroatoms. The zero-order chi connectivity index (χ0) is 14.7. The number of hydrogen-bond acceptors (Lipinski definition) is 8. The lowest BCUT2D eigenvalue weighted by Crippen LogP contribution is -1.82. The number of hydrogen-bond donors (Lipinski definition) is 0. The summed E-state index contributed by atoms with van der Waals surface area (Å²) in [6.07, 6.45) is 4.05. The van der Waals surface area contributed by atoms with Crippen LogP contribution in [0.25, 0.3) is 10.2 Å². The van der Waals surface area contributed by atoms with Gasteiger partial charge in [0.1, 0.15) is 16.2 Å². The lowest BCUT2D eigenvalue weighted by Gasteiger charge is -1.97. The van der Waals surface area contributed by atoms with Gasteiger partial charge < -0.3 is 0 Å². The molecule has 0 aliphatic heterocycles. The maximum atomic E-state index is 4.39. The standard InChI is InChI=1S/C13H14N4S4/c1-3-4-5-18-12-16-17-13(21-12)20-11-9-6-8(2)19-10(9)14-7-15-11/h6-7H,3-5H2,1-2H3. The van der Waals surface area contributed by atoms with Gasteiger partial charge in [-0.05, 0) is 31.2 Å². The molecule has 4 nitrogen and oxygen atoms in total. The van der Waals surface area contributed by atoms with Gasteiger partial charge in [-0.15, -0.1) is 21.5 Å². The maximum absolute atomic E-state index is 4.39. The van der Waals surface area contributed by atoms with Crippen molar-refractivity contribution >= 4 is 56.4 Å². The first kappa shape index (κ1) is 15.2. The molecule has 3 aromatic heterocycles. The van der Waals surface area contributed by atoms with Crippen LogP contribution in [0, 0.1) is 6.92 Å². The number of rotatable bonds is 6. The summed E-state index contributed by atoms with van der Waals surface area (Å²) >= 11 is 6.70. The van der Waals surface area contributed by atoms with Gasteiger partial charge in [0.05, 0.1) is 0 Å². The molecule has 0 aliphatic carbocycles. The van der Waals surface area contributed by atoms with E-state index in [4.69, 9.17) is 0 Å². The Hall–Kier alpha value is -0.700. The van der Waals surface area contributed by atoms with E-state index >= 15 is 0 Å². The van der Waals surface area contributed by atoms with Gasteiger partial charge in [0.25, 0.3) is 0 Å². The van der Waals surface area contributed by atoms with Crippen LogP contribution in [-0.4, -0.2) is 25.9 Å². The van der Waals surface area contributed by atoms with E-state index < -0.39 is 0 Å². The predicted octanol–water partition coefficient (Wildman–Crippen LogP) is 4.89. The van der Waals surface area contributed by atoms with Gasteiger partial charge in [-0.25, -0.2) is 9.97 Å². The third-order valence-corrected chi connectivity index (χ3v) is 6.88. The summed E-state index contributed by atoms with van der Waals surface area (Å²) in [5, 5.41) is 10.6. The summed E-state index contributed by atoms with van der Waals surface area (Å²) in [5.41, 5.74) is 0. The molecule has 110 valence electrons. The first-order chi connectivity index (χ1) is 10.3. The highest BCUT2D eigenvalue weighted by molar-refractivity contribution is 8.03. The molecular weight excluding hydrogens is 340 g/mol. The summed E-state index contributed by atoms with van der Waals surface area (Å²) < 4.78 is 1.98. The SMILES string of the molecule is CCCCSc1nnc(Sc2ncnc3sc(C)cc23)s1. The van der Waals surface area contributed by atoms with E-state index in [0.717, 1.165) is 29.7 Å². The number of unbranched alkanes of at least 4 members (excludes halogenated alkanes) is 1. The Morgan fingerprint density at radius 3 is 2.86 bits per heavy atom. The fourth-order valence-corrected chi connectivity index (χ4v) is 5.78. The molecule has 3 aromatic rings. The maximum Gasteiger partial charge on any atom is 0.181 e. The van der Waals surface area contributed by atoms with E-state index in [1.807, 2.05) is 0 Å². The smallest absolute Gasteiger partial charge is 0.181 e. The number of thiophene rings is 1. The molecule has 0 unspecified atom stereocenters. The number of nitrogens with zero attached hydrogens (tertiary/aromatic N) is 4. The zero-order valence-electron chi connectivity index (χ0n) is 11.7. The summed E-state index contributed by atoms with van der Waals surface area (Å²) in [6, 6.07) is 2.14. The molecule has 3 rings (SSSR count). The molecule has 0 fully saturated rings. The molecule has 0 radical (unpaired) electrons. The monoisotopic (exact) mass is 354 g/mol. The van der Waals surface area contributed by atoms with E-state index in [0.29, 0.717) is 0 Å². The summed E-state index contributed by atoms with van der Waals surface area (Å²) in [6.45, 7) is 4.29. The molecule has 0 saturated carbocycles. The van der Waals surface area contributed by atoms with Gasteiger partial charge in [0.15, 0.2) is 8.68 Å². The highest BCUT2D eigenvalue weighted by Crippen LogP contribution is 2.37. The molecule has 0 amide bonds. The summed E-state index contributed by atoms with van der Waals surface area (Å²) in [7, 11) is 0. The van der Waals surface area contributed by atoms with Crippen LogP contribution in [0.4, 0.5) is 0 Å². The van der Waals surface area contributed by atoms with Crippen molar-refractivity contribution in [1.82, 2.24) is 20.2 Å². The van der Waals surface area contributed by atoms with Crippen molar-refractivity contribution < 1.29 is 0 Å². The van der Waals surface area contributed by atoms with Crippen molar-refractivity contribution in [2.75, 3.05) is 5.75 Å². The average Bonchev–Trinajstić information content (AvgIpc) is 3.05. The molecule has 0 bridgehead atoms. The first-order valence-corrected chi connectivity index (χ1v) is 10.0. The first-order valence-electron chi connectivity index (χ1n) is 6.61. The van der Waals surface area contributed by atoms with Crippen LogP contribution in [0.2, 0.25) is 0 Å². The van der Waals surface area contributed by atoms with E-state index in [2.05, 4.69) is 40.1 Å². The van der Waals surface area contributed by atoms with Crippen LogP contribution in [0.1, 0.15) is 24.6 Å². The predicted molar refractivity (Wildman–Crippen MR) is 91.8 cm³/mol. The van der Waals surface area contributed by atoms with Gasteiger partial charge in [0, 0.05) is 16.0 Å². The van der Waals surface area contributed by atoms with E-state index in [1.54, 1.807) is 52.5 Å². The van der Waals surface area contributed by atoms with Crippen molar-refractivity contribution in [2.24, 2.45) is 0 Å². The van der Waals surface area contributed by atoms with Gasteiger partial charge in [-0.3, -0.25) is 0 Å².